The Morgan fingerprint density at radius 2 is 2.25 bits per heavy atom. The lowest BCUT2D eigenvalue weighted by Crippen LogP contribution is -2.21. The molecule has 1 aliphatic rings. The summed E-state index contributed by atoms with van der Waals surface area (Å²) in [4.78, 5) is 20.6. The van der Waals surface area contributed by atoms with E-state index >= 15 is 0 Å². The van der Waals surface area contributed by atoms with Crippen LogP contribution in [0.25, 0.3) is 11.9 Å². The lowest BCUT2D eigenvalue weighted by atomic mass is 10.1. The van der Waals surface area contributed by atoms with Crippen molar-refractivity contribution in [2.75, 3.05) is 6.61 Å². The zero-order chi connectivity index (χ0) is 19.3. The van der Waals surface area contributed by atoms with Crippen molar-refractivity contribution in [2.24, 2.45) is 0 Å². The summed E-state index contributed by atoms with van der Waals surface area (Å²) in [6.07, 6.45) is 12.1. The van der Waals surface area contributed by atoms with Gasteiger partial charge in [0, 0.05) is 47.4 Å². The van der Waals surface area contributed by atoms with E-state index in [0.29, 0.717) is 18.2 Å². The van der Waals surface area contributed by atoms with Crippen LogP contribution in [0.5, 0.6) is 5.75 Å². The fourth-order valence-corrected chi connectivity index (χ4v) is 3.05. The molecule has 6 nitrogen and oxygen atoms in total. The van der Waals surface area contributed by atoms with Crippen LogP contribution in [-0.2, 0) is 11.3 Å². The number of nitrogens with zero attached hydrogens (tertiary/aromatic N) is 3. The van der Waals surface area contributed by atoms with Crippen molar-refractivity contribution in [1.82, 2.24) is 19.9 Å². The van der Waals surface area contributed by atoms with E-state index in [9.17, 15) is 4.79 Å². The maximum absolute atomic E-state index is 12.2. The minimum Gasteiger partial charge on any atom is -0.488 e. The van der Waals surface area contributed by atoms with Gasteiger partial charge in [0.05, 0.1) is 0 Å². The lowest BCUT2D eigenvalue weighted by Gasteiger charge is -2.16. The number of carbonyl (C=O) groups is 1. The number of pyridine rings is 1. The number of rotatable bonds is 5. The Morgan fingerprint density at radius 3 is 3.11 bits per heavy atom. The van der Waals surface area contributed by atoms with Crippen molar-refractivity contribution in [3.8, 4) is 11.6 Å². The summed E-state index contributed by atoms with van der Waals surface area (Å²) in [5.41, 5.74) is 2.69. The highest BCUT2D eigenvalue weighted by molar-refractivity contribution is 6.30. The molecular formula is C21H17ClN4O2. The molecule has 1 aromatic carbocycles. The fraction of sp³-hybridized carbons (Fsp3) is 0.0952. The van der Waals surface area contributed by atoms with Crippen molar-refractivity contribution in [1.29, 1.82) is 0 Å². The molecule has 0 unspecified atom stereocenters. The quantitative estimate of drug-likeness (QED) is 0.674. The number of hydrogen-bond donors (Lipinski definition) is 1. The summed E-state index contributed by atoms with van der Waals surface area (Å²) < 4.78 is 7.49. The molecule has 0 fully saturated rings. The Hall–Kier alpha value is -3.38. The number of amides is 1. The monoisotopic (exact) mass is 392 g/mol. The van der Waals surface area contributed by atoms with Gasteiger partial charge in [-0.1, -0.05) is 23.7 Å². The van der Waals surface area contributed by atoms with Crippen molar-refractivity contribution < 1.29 is 9.53 Å². The van der Waals surface area contributed by atoms with Gasteiger partial charge in [-0.25, -0.2) is 9.97 Å². The number of imidazole rings is 1. The molecular weight excluding hydrogens is 376 g/mol. The molecule has 0 spiro atoms. The summed E-state index contributed by atoms with van der Waals surface area (Å²) in [5, 5.41) is 3.53. The number of halogens is 1. The molecule has 3 aromatic rings. The van der Waals surface area contributed by atoms with Crippen LogP contribution in [0, 0.1) is 0 Å². The van der Waals surface area contributed by atoms with Crippen molar-refractivity contribution in [3.63, 3.8) is 0 Å². The standard InChI is InChI=1S/C21H17ClN4O2/c22-18-4-5-19-17(11-18)10-15(13-28-19)3-6-20(27)25-12-16-2-1-7-24-21(16)26-9-8-23-14-26/h1-11,14H,12-13H2,(H,25,27). The molecule has 4 rings (SSSR count). The molecule has 1 amide bonds. The first-order valence-corrected chi connectivity index (χ1v) is 9.08. The minimum absolute atomic E-state index is 0.196. The van der Waals surface area contributed by atoms with Gasteiger partial charge in [-0.3, -0.25) is 9.36 Å². The van der Waals surface area contributed by atoms with E-state index in [4.69, 9.17) is 16.3 Å². The van der Waals surface area contributed by atoms with Crippen LogP contribution in [0.3, 0.4) is 0 Å². The maximum Gasteiger partial charge on any atom is 0.244 e. The highest BCUT2D eigenvalue weighted by Gasteiger charge is 2.11. The highest BCUT2D eigenvalue weighted by atomic mass is 35.5. The average Bonchev–Trinajstić information content (AvgIpc) is 3.25. The number of aromatic nitrogens is 3. The molecule has 0 aliphatic carbocycles. The van der Waals surface area contributed by atoms with Gasteiger partial charge in [0.25, 0.3) is 0 Å². The zero-order valence-corrected chi connectivity index (χ0v) is 15.6. The zero-order valence-electron chi connectivity index (χ0n) is 14.9. The van der Waals surface area contributed by atoms with Crippen molar-refractivity contribution in [2.45, 2.75) is 6.54 Å². The molecule has 0 saturated heterocycles. The number of fused-ring (bicyclic) bond motifs is 1. The van der Waals surface area contributed by atoms with E-state index in [0.717, 1.165) is 28.3 Å². The summed E-state index contributed by atoms with van der Waals surface area (Å²) in [7, 11) is 0. The number of nitrogens with one attached hydrogen (secondary N) is 1. The predicted octanol–water partition coefficient (Wildman–Crippen LogP) is 3.57. The van der Waals surface area contributed by atoms with E-state index in [1.165, 1.54) is 6.08 Å². The van der Waals surface area contributed by atoms with Gasteiger partial charge in [-0.05, 0) is 35.9 Å². The molecule has 1 N–H and O–H groups in total. The molecule has 2 aromatic heterocycles. The summed E-state index contributed by atoms with van der Waals surface area (Å²) in [5.74, 6) is 1.33. The Morgan fingerprint density at radius 1 is 1.32 bits per heavy atom. The Kier molecular flexibility index (Phi) is 5.21. The topological polar surface area (TPSA) is 69.0 Å². The van der Waals surface area contributed by atoms with Gasteiger partial charge in [0.2, 0.25) is 5.91 Å². The SMILES string of the molecule is O=C(C=CC1=Cc2cc(Cl)ccc2OC1)NCc1cccnc1-n1ccnc1. The van der Waals surface area contributed by atoms with Gasteiger partial charge < -0.3 is 10.1 Å². The molecule has 0 saturated carbocycles. The first-order valence-electron chi connectivity index (χ1n) is 8.70. The minimum atomic E-state index is -0.196. The lowest BCUT2D eigenvalue weighted by molar-refractivity contribution is -0.116. The van der Waals surface area contributed by atoms with Gasteiger partial charge in [-0.2, -0.15) is 0 Å². The van der Waals surface area contributed by atoms with Crippen LogP contribution in [0.1, 0.15) is 11.1 Å². The molecule has 0 bridgehead atoms. The second-order valence-electron chi connectivity index (χ2n) is 6.20. The van der Waals surface area contributed by atoms with E-state index in [1.54, 1.807) is 30.9 Å². The number of carbonyl (C=O) groups excluding carboxylic acids is 1. The van der Waals surface area contributed by atoms with E-state index < -0.39 is 0 Å². The second kappa shape index (κ2) is 8.10. The largest absolute Gasteiger partial charge is 0.488 e. The third-order valence-corrected chi connectivity index (χ3v) is 4.46. The summed E-state index contributed by atoms with van der Waals surface area (Å²) in [6.45, 7) is 0.768. The summed E-state index contributed by atoms with van der Waals surface area (Å²) >= 11 is 6.02. The smallest absolute Gasteiger partial charge is 0.244 e. The van der Waals surface area contributed by atoms with Crippen LogP contribution in [0.2, 0.25) is 5.02 Å². The Balaban J connectivity index is 1.41. The first kappa shape index (κ1) is 18.0. The van der Waals surface area contributed by atoms with Crippen LogP contribution in [0.4, 0.5) is 0 Å². The maximum atomic E-state index is 12.2. The van der Waals surface area contributed by atoms with Gasteiger partial charge in [0.15, 0.2) is 0 Å². The first-order chi connectivity index (χ1) is 13.7. The predicted molar refractivity (Wildman–Crippen MR) is 107 cm³/mol. The second-order valence-corrected chi connectivity index (χ2v) is 6.63. The van der Waals surface area contributed by atoms with Crippen LogP contribution < -0.4 is 10.1 Å². The van der Waals surface area contributed by atoms with Crippen LogP contribution in [0.15, 0.2) is 73.0 Å². The highest BCUT2D eigenvalue weighted by Crippen LogP contribution is 2.29. The van der Waals surface area contributed by atoms with Gasteiger partial charge in [0.1, 0.15) is 24.5 Å². The fourth-order valence-electron chi connectivity index (χ4n) is 2.87. The van der Waals surface area contributed by atoms with Crippen molar-refractivity contribution in [3.05, 3.63) is 89.1 Å². The number of ether oxygens (including phenoxy) is 1. The van der Waals surface area contributed by atoms with Crippen molar-refractivity contribution >= 4 is 23.6 Å². The Labute approximate surface area is 167 Å². The third-order valence-electron chi connectivity index (χ3n) is 4.23. The molecule has 0 atom stereocenters. The van der Waals surface area contributed by atoms with Gasteiger partial charge in [-0.15, -0.1) is 0 Å². The molecule has 1 aliphatic heterocycles. The number of benzene rings is 1. The average molecular weight is 393 g/mol. The number of hydrogen-bond acceptors (Lipinski definition) is 4. The third kappa shape index (κ3) is 4.13. The molecule has 28 heavy (non-hydrogen) atoms. The normalized spacial score (nSPS) is 13.0. The van der Waals surface area contributed by atoms with Crippen LogP contribution in [-0.4, -0.2) is 27.0 Å². The van der Waals surface area contributed by atoms with Gasteiger partial charge >= 0.3 is 0 Å². The molecule has 0 radical (unpaired) electrons. The van der Waals surface area contributed by atoms with E-state index in [2.05, 4.69) is 15.3 Å². The summed E-state index contributed by atoms with van der Waals surface area (Å²) in [6, 6.07) is 9.23. The molecule has 140 valence electrons. The molecule has 3 heterocycles. The van der Waals surface area contributed by atoms with E-state index in [1.807, 2.05) is 41.1 Å². The Bertz CT molecular complexity index is 1060. The van der Waals surface area contributed by atoms with E-state index in [-0.39, 0.29) is 5.91 Å². The van der Waals surface area contributed by atoms with Crippen LogP contribution >= 0.6 is 11.6 Å². The molecule has 7 heteroatoms.